The van der Waals surface area contributed by atoms with Gasteiger partial charge in [0.2, 0.25) is 0 Å². The lowest BCUT2D eigenvalue weighted by Gasteiger charge is -2.16. The van der Waals surface area contributed by atoms with Crippen molar-refractivity contribution in [3.8, 4) is 0 Å². The van der Waals surface area contributed by atoms with Crippen LogP contribution in [0.1, 0.15) is 37.0 Å². The summed E-state index contributed by atoms with van der Waals surface area (Å²) < 4.78 is 4.89. The quantitative estimate of drug-likeness (QED) is 0.595. The first-order valence-corrected chi connectivity index (χ1v) is 7.84. The highest BCUT2D eigenvalue weighted by Crippen LogP contribution is 2.28. The molecule has 0 bridgehead atoms. The minimum absolute atomic E-state index is 0.00543. The average molecular weight is 332 g/mol. The van der Waals surface area contributed by atoms with Crippen LogP contribution in [0.15, 0.2) is 24.3 Å². The van der Waals surface area contributed by atoms with Gasteiger partial charge in [0.15, 0.2) is 6.61 Å². The summed E-state index contributed by atoms with van der Waals surface area (Å²) in [7, 11) is 0. The number of amides is 2. The number of benzene rings is 1. The largest absolute Gasteiger partial charge is 0.454 e. The van der Waals surface area contributed by atoms with Gasteiger partial charge in [-0.2, -0.15) is 0 Å². The first-order chi connectivity index (χ1) is 11.4. The zero-order valence-electron chi connectivity index (χ0n) is 13.7. The van der Waals surface area contributed by atoms with Gasteiger partial charge in [0.05, 0.1) is 11.3 Å². The molecule has 1 atom stereocenters. The van der Waals surface area contributed by atoms with Gasteiger partial charge in [-0.15, -0.1) is 0 Å². The summed E-state index contributed by atoms with van der Waals surface area (Å²) in [6.07, 6.45) is 1.77. The lowest BCUT2D eigenvalue weighted by molar-refractivity contribution is -0.147. The number of anilines is 1. The third kappa shape index (κ3) is 3.98. The molecule has 0 unspecified atom stereocenters. The van der Waals surface area contributed by atoms with Crippen molar-refractivity contribution >= 4 is 29.3 Å². The van der Waals surface area contributed by atoms with Crippen LogP contribution in [0.3, 0.4) is 0 Å². The van der Waals surface area contributed by atoms with E-state index in [9.17, 15) is 19.2 Å². The van der Waals surface area contributed by atoms with E-state index in [2.05, 4.69) is 5.32 Å². The van der Waals surface area contributed by atoms with Gasteiger partial charge >= 0.3 is 5.97 Å². The molecule has 1 heterocycles. The molecule has 1 N–H and O–H groups in total. The molecular formula is C17H20N2O5. The summed E-state index contributed by atoms with van der Waals surface area (Å²) in [5.74, 6) is -2.56. The lowest BCUT2D eigenvalue weighted by atomic mass is 10.1. The fourth-order valence-corrected chi connectivity index (χ4v) is 2.55. The van der Waals surface area contributed by atoms with Gasteiger partial charge in [-0.25, -0.2) is 0 Å². The number of hydrogen-bond acceptors (Lipinski definition) is 5. The molecule has 24 heavy (non-hydrogen) atoms. The Morgan fingerprint density at radius 1 is 1.25 bits per heavy atom. The van der Waals surface area contributed by atoms with Crippen LogP contribution in [0.4, 0.5) is 5.69 Å². The van der Waals surface area contributed by atoms with Crippen LogP contribution in [0.25, 0.3) is 0 Å². The monoisotopic (exact) mass is 332 g/mol. The molecule has 0 spiro atoms. The van der Waals surface area contributed by atoms with Gasteiger partial charge in [0.1, 0.15) is 6.54 Å². The van der Waals surface area contributed by atoms with Crippen molar-refractivity contribution in [3.05, 3.63) is 29.8 Å². The van der Waals surface area contributed by atoms with Gasteiger partial charge in [-0.3, -0.25) is 24.1 Å². The van der Waals surface area contributed by atoms with Crippen LogP contribution in [-0.2, 0) is 19.1 Å². The maximum Gasteiger partial charge on any atom is 0.326 e. The third-order valence-electron chi connectivity index (χ3n) is 3.66. The molecule has 0 saturated heterocycles. The molecule has 0 saturated carbocycles. The average Bonchev–Trinajstić information content (AvgIpc) is 2.79. The Bertz CT molecular complexity index is 671. The first kappa shape index (κ1) is 17.7. The van der Waals surface area contributed by atoms with Crippen LogP contribution >= 0.6 is 0 Å². The van der Waals surface area contributed by atoms with E-state index in [-0.39, 0.29) is 11.6 Å². The number of para-hydroxylation sites is 1. The van der Waals surface area contributed by atoms with E-state index in [1.807, 2.05) is 13.8 Å². The van der Waals surface area contributed by atoms with Gasteiger partial charge in [0.25, 0.3) is 17.6 Å². The predicted octanol–water partition coefficient (Wildman–Crippen LogP) is 1.06. The number of fused-ring (bicyclic) bond motifs is 1. The Hall–Kier alpha value is -2.70. The van der Waals surface area contributed by atoms with Crippen molar-refractivity contribution in [2.24, 2.45) is 0 Å². The second-order valence-corrected chi connectivity index (χ2v) is 5.66. The Kier molecular flexibility index (Phi) is 5.68. The predicted molar refractivity (Wildman–Crippen MR) is 86.6 cm³/mol. The number of ketones is 1. The number of nitrogens with one attached hydrogen (secondary N) is 1. The van der Waals surface area contributed by atoms with Crippen molar-refractivity contribution in [1.29, 1.82) is 0 Å². The standard InChI is InChI=1S/C17H20N2O5/c1-3-6-11(2)18-14(20)10-24-15(21)9-19-13-8-5-4-7-12(13)16(22)17(19)23/h4-5,7-8,11H,3,6,9-10H2,1-2H3,(H,18,20)/t11-/m0/s1. The summed E-state index contributed by atoms with van der Waals surface area (Å²) in [5.41, 5.74) is 0.645. The van der Waals surface area contributed by atoms with E-state index < -0.39 is 36.7 Å². The minimum atomic E-state index is -0.769. The van der Waals surface area contributed by atoms with Gasteiger partial charge in [-0.1, -0.05) is 25.5 Å². The zero-order valence-corrected chi connectivity index (χ0v) is 13.7. The molecule has 2 rings (SSSR count). The summed E-state index contributed by atoms with van der Waals surface area (Å²) in [5, 5.41) is 2.71. The molecule has 7 nitrogen and oxygen atoms in total. The molecular weight excluding hydrogens is 312 g/mol. The maximum absolute atomic E-state index is 11.9. The normalized spacial score (nSPS) is 14.3. The molecule has 0 fully saturated rings. The van der Waals surface area contributed by atoms with Crippen molar-refractivity contribution < 1.29 is 23.9 Å². The van der Waals surface area contributed by atoms with Gasteiger partial charge < -0.3 is 10.1 Å². The van der Waals surface area contributed by atoms with Crippen molar-refractivity contribution in [1.82, 2.24) is 5.32 Å². The number of rotatable bonds is 7. The molecule has 2 amide bonds. The summed E-state index contributed by atoms with van der Waals surface area (Å²) >= 11 is 0. The van der Waals surface area contributed by atoms with Crippen molar-refractivity contribution in [3.63, 3.8) is 0 Å². The van der Waals surface area contributed by atoms with E-state index in [0.29, 0.717) is 5.69 Å². The summed E-state index contributed by atoms with van der Waals surface area (Å²) in [4.78, 5) is 48.4. The van der Waals surface area contributed by atoms with Crippen molar-refractivity contribution in [2.75, 3.05) is 18.1 Å². The molecule has 1 aliphatic heterocycles. The van der Waals surface area contributed by atoms with Gasteiger partial charge in [0, 0.05) is 6.04 Å². The van der Waals surface area contributed by atoms with Crippen LogP contribution in [0.2, 0.25) is 0 Å². The van der Waals surface area contributed by atoms with E-state index in [0.717, 1.165) is 17.7 Å². The Labute approximate surface area is 140 Å². The Balaban J connectivity index is 1.88. The first-order valence-electron chi connectivity index (χ1n) is 7.84. The molecule has 0 radical (unpaired) electrons. The van der Waals surface area contributed by atoms with E-state index in [1.54, 1.807) is 18.2 Å². The minimum Gasteiger partial charge on any atom is -0.454 e. The van der Waals surface area contributed by atoms with Crippen LogP contribution in [0.5, 0.6) is 0 Å². The topological polar surface area (TPSA) is 92.8 Å². The highest BCUT2D eigenvalue weighted by Gasteiger charge is 2.36. The molecule has 0 aliphatic carbocycles. The lowest BCUT2D eigenvalue weighted by Crippen LogP contribution is -2.38. The van der Waals surface area contributed by atoms with E-state index >= 15 is 0 Å². The van der Waals surface area contributed by atoms with Crippen LogP contribution in [0, 0.1) is 0 Å². The van der Waals surface area contributed by atoms with Gasteiger partial charge in [-0.05, 0) is 25.5 Å². The number of nitrogens with zero attached hydrogens (tertiary/aromatic N) is 1. The zero-order chi connectivity index (χ0) is 17.7. The second-order valence-electron chi connectivity index (χ2n) is 5.66. The Morgan fingerprint density at radius 2 is 1.96 bits per heavy atom. The molecule has 7 heteroatoms. The molecule has 1 aliphatic rings. The smallest absolute Gasteiger partial charge is 0.326 e. The fourth-order valence-electron chi connectivity index (χ4n) is 2.55. The SMILES string of the molecule is CCC[C@H](C)NC(=O)COC(=O)CN1C(=O)C(=O)c2ccccc21. The highest BCUT2D eigenvalue weighted by molar-refractivity contribution is 6.52. The number of Topliss-reactive ketones (excluding diaryl/α,β-unsaturated/α-hetero) is 1. The van der Waals surface area contributed by atoms with E-state index in [1.165, 1.54) is 6.07 Å². The maximum atomic E-state index is 11.9. The van der Waals surface area contributed by atoms with E-state index in [4.69, 9.17) is 4.74 Å². The number of hydrogen-bond donors (Lipinski definition) is 1. The molecule has 1 aromatic carbocycles. The summed E-state index contributed by atoms with van der Waals surface area (Å²) in [6, 6.07) is 6.44. The Morgan fingerprint density at radius 3 is 2.67 bits per heavy atom. The van der Waals surface area contributed by atoms with Crippen molar-refractivity contribution in [2.45, 2.75) is 32.7 Å². The number of carbonyl (C=O) groups excluding carboxylic acids is 4. The highest BCUT2D eigenvalue weighted by atomic mass is 16.5. The number of ether oxygens (including phenoxy) is 1. The van der Waals surface area contributed by atoms with Crippen LogP contribution < -0.4 is 10.2 Å². The van der Waals surface area contributed by atoms with Crippen LogP contribution in [-0.4, -0.2) is 42.8 Å². The number of esters is 1. The molecule has 128 valence electrons. The second kappa shape index (κ2) is 7.72. The third-order valence-corrected chi connectivity index (χ3v) is 3.66. The summed E-state index contributed by atoms with van der Waals surface area (Å²) in [6.45, 7) is 3.06. The number of carbonyl (C=O) groups is 4. The fraction of sp³-hybridized carbons (Fsp3) is 0.412. The molecule has 0 aromatic heterocycles. The molecule has 1 aromatic rings.